The maximum atomic E-state index is 11.8. The first-order valence-electron chi connectivity index (χ1n) is 5.99. The largest absolute Gasteiger partial charge is 0.507 e. The van der Waals surface area contributed by atoms with E-state index in [1.165, 1.54) is 18.3 Å². The molecule has 1 amide bonds. The quantitative estimate of drug-likeness (QED) is 0.590. The third-order valence-corrected chi connectivity index (χ3v) is 2.70. The molecule has 0 aromatic heterocycles. The van der Waals surface area contributed by atoms with E-state index in [1.54, 1.807) is 30.3 Å². The summed E-state index contributed by atoms with van der Waals surface area (Å²) in [5, 5.41) is 22.9. The Morgan fingerprint density at radius 1 is 1.15 bits per heavy atom. The smallest absolute Gasteiger partial charge is 0.275 e. The molecule has 0 saturated heterocycles. The monoisotopic (exact) mass is 270 g/mol. The van der Waals surface area contributed by atoms with E-state index in [-0.39, 0.29) is 17.1 Å². The Hall–Kier alpha value is -2.82. The summed E-state index contributed by atoms with van der Waals surface area (Å²) in [6, 6.07) is 11.3. The second kappa shape index (κ2) is 5.88. The second-order valence-electron chi connectivity index (χ2n) is 4.28. The molecule has 2 aromatic carbocycles. The topological polar surface area (TPSA) is 81.9 Å². The van der Waals surface area contributed by atoms with Gasteiger partial charge in [-0.2, -0.15) is 5.10 Å². The molecular weight excluding hydrogens is 256 g/mol. The number of hydrogen-bond donors (Lipinski definition) is 3. The van der Waals surface area contributed by atoms with Crippen molar-refractivity contribution in [3.8, 4) is 11.5 Å². The molecule has 0 saturated carbocycles. The van der Waals surface area contributed by atoms with Crippen molar-refractivity contribution >= 4 is 12.1 Å². The molecule has 102 valence electrons. The van der Waals surface area contributed by atoms with Crippen LogP contribution in [0.5, 0.6) is 11.5 Å². The van der Waals surface area contributed by atoms with Crippen LogP contribution in [0.3, 0.4) is 0 Å². The van der Waals surface area contributed by atoms with Crippen molar-refractivity contribution in [3.63, 3.8) is 0 Å². The fourth-order valence-electron chi connectivity index (χ4n) is 1.66. The molecule has 0 aliphatic heterocycles. The summed E-state index contributed by atoms with van der Waals surface area (Å²) in [5.74, 6) is -0.554. The summed E-state index contributed by atoms with van der Waals surface area (Å²) >= 11 is 0. The molecule has 2 aromatic rings. The van der Waals surface area contributed by atoms with Gasteiger partial charge in [0.1, 0.15) is 11.5 Å². The molecule has 2 rings (SSSR count). The Labute approximate surface area is 116 Å². The van der Waals surface area contributed by atoms with Crippen LogP contribution in [0.15, 0.2) is 47.6 Å². The number of carbonyl (C=O) groups excluding carboxylic acids is 1. The van der Waals surface area contributed by atoms with Crippen LogP contribution in [0.1, 0.15) is 21.5 Å². The molecule has 0 aliphatic carbocycles. The highest BCUT2D eigenvalue weighted by molar-refractivity contribution is 5.97. The molecular formula is C15H14N2O3. The van der Waals surface area contributed by atoms with Gasteiger partial charge in [-0.1, -0.05) is 23.8 Å². The number of rotatable bonds is 3. The van der Waals surface area contributed by atoms with Crippen molar-refractivity contribution in [2.75, 3.05) is 0 Å². The van der Waals surface area contributed by atoms with Gasteiger partial charge in [0.25, 0.3) is 5.91 Å². The lowest BCUT2D eigenvalue weighted by Gasteiger charge is -2.03. The fourth-order valence-corrected chi connectivity index (χ4v) is 1.66. The van der Waals surface area contributed by atoms with Crippen LogP contribution in [0, 0.1) is 6.92 Å². The predicted molar refractivity (Wildman–Crippen MR) is 76.0 cm³/mol. The highest BCUT2D eigenvalue weighted by Gasteiger charge is 2.08. The first kappa shape index (κ1) is 13.6. The van der Waals surface area contributed by atoms with Gasteiger partial charge in [0.2, 0.25) is 0 Å². The van der Waals surface area contributed by atoms with Gasteiger partial charge in [0.05, 0.1) is 11.8 Å². The minimum Gasteiger partial charge on any atom is -0.507 e. The number of para-hydroxylation sites is 1. The zero-order chi connectivity index (χ0) is 14.5. The molecule has 0 radical (unpaired) electrons. The highest BCUT2D eigenvalue weighted by Crippen LogP contribution is 2.16. The summed E-state index contributed by atoms with van der Waals surface area (Å²) < 4.78 is 0. The Bertz CT molecular complexity index is 666. The molecule has 5 nitrogen and oxygen atoms in total. The van der Waals surface area contributed by atoms with E-state index in [1.807, 2.05) is 6.92 Å². The molecule has 0 aliphatic rings. The van der Waals surface area contributed by atoms with E-state index < -0.39 is 5.91 Å². The SMILES string of the molecule is Cc1ccc(O)c(C=NNC(=O)c2ccccc2O)c1. The van der Waals surface area contributed by atoms with Crippen LogP contribution in [-0.4, -0.2) is 22.3 Å². The third kappa shape index (κ3) is 3.14. The first-order valence-corrected chi connectivity index (χ1v) is 5.99. The van der Waals surface area contributed by atoms with Crippen molar-refractivity contribution in [1.82, 2.24) is 5.43 Å². The van der Waals surface area contributed by atoms with Gasteiger partial charge in [-0.3, -0.25) is 4.79 Å². The number of phenolic OH excluding ortho intramolecular Hbond substituents is 2. The van der Waals surface area contributed by atoms with Crippen molar-refractivity contribution in [2.45, 2.75) is 6.92 Å². The van der Waals surface area contributed by atoms with Gasteiger partial charge in [-0.25, -0.2) is 5.43 Å². The molecule has 0 fully saturated rings. The molecule has 0 spiro atoms. The molecule has 0 heterocycles. The fraction of sp³-hybridized carbons (Fsp3) is 0.0667. The lowest BCUT2D eigenvalue weighted by molar-refractivity contribution is 0.0952. The number of carbonyl (C=O) groups is 1. The number of hydrazone groups is 1. The average Bonchev–Trinajstić information content (AvgIpc) is 2.43. The number of nitrogens with zero attached hydrogens (tertiary/aromatic N) is 1. The number of amides is 1. The Morgan fingerprint density at radius 3 is 2.65 bits per heavy atom. The van der Waals surface area contributed by atoms with Crippen LogP contribution < -0.4 is 5.43 Å². The van der Waals surface area contributed by atoms with Gasteiger partial charge in [0.15, 0.2) is 0 Å². The standard InChI is InChI=1S/C15H14N2O3/c1-10-6-7-13(18)11(8-10)9-16-17-15(20)12-4-2-3-5-14(12)19/h2-9,18-19H,1H3,(H,17,20). The molecule has 3 N–H and O–H groups in total. The number of phenols is 2. The van der Waals surface area contributed by atoms with E-state index in [9.17, 15) is 15.0 Å². The summed E-state index contributed by atoms with van der Waals surface area (Å²) in [5.41, 5.74) is 3.90. The Balaban J connectivity index is 2.09. The Morgan fingerprint density at radius 2 is 1.90 bits per heavy atom. The van der Waals surface area contributed by atoms with Crippen LogP contribution in [0.25, 0.3) is 0 Å². The van der Waals surface area contributed by atoms with E-state index in [0.717, 1.165) is 5.56 Å². The first-order chi connectivity index (χ1) is 9.58. The van der Waals surface area contributed by atoms with Crippen LogP contribution in [0.4, 0.5) is 0 Å². The van der Waals surface area contributed by atoms with E-state index in [2.05, 4.69) is 10.5 Å². The maximum Gasteiger partial charge on any atom is 0.275 e. The van der Waals surface area contributed by atoms with Gasteiger partial charge < -0.3 is 10.2 Å². The molecule has 20 heavy (non-hydrogen) atoms. The molecule has 0 atom stereocenters. The summed E-state index contributed by atoms with van der Waals surface area (Å²) in [6.07, 6.45) is 1.35. The minimum atomic E-state index is -0.522. The molecule has 0 unspecified atom stereocenters. The van der Waals surface area contributed by atoms with E-state index in [4.69, 9.17) is 0 Å². The maximum absolute atomic E-state index is 11.8. The number of benzene rings is 2. The second-order valence-corrected chi connectivity index (χ2v) is 4.28. The van der Waals surface area contributed by atoms with Gasteiger partial charge in [-0.05, 0) is 31.2 Å². The van der Waals surface area contributed by atoms with Crippen molar-refractivity contribution < 1.29 is 15.0 Å². The van der Waals surface area contributed by atoms with E-state index in [0.29, 0.717) is 5.56 Å². The van der Waals surface area contributed by atoms with Crippen molar-refractivity contribution in [2.24, 2.45) is 5.10 Å². The molecule has 0 bridgehead atoms. The van der Waals surface area contributed by atoms with E-state index >= 15 is 0 Å². The average molecular weight is 270 g/mol. The zero-order valence-electron chi connectivity index (χ0n) is 10.9. The van der Waals surface area contributed by atoms with Crippen LogP contribution in [-0.2, 0) is 0 Å². The van der Waals surface area contributed by atoms with Gasteiger partial charge in [-0.15, -0.1) is 0 Å². The summed E-state index contributed by atoms with van der Waals surface area (Å²) in [7, 11) is 0. The Kier molecular flexibility index (Phi) is 4.00. The summed E-state index contributed by atoms with van der Waals surface area (Å²) in [4.78, 5) is 11.8. The highest BCUT2D eigenvalue weighted by atomic mass is 16.3. The lowest BCUT2D eigenvalue weighted by Crippen LogP contribution is -2.17. The lowest BCUT2D eigenvalue weighted by atomic mass is 10.1. The number of aromatic hydroxyl groups is 2. The zero-order valence-corrected chi connectivity index (χ0v) is 10.9. The van der Waals surface area contributed by atoms with Crippen LogP contribution in [0.2, 0.25) is 0 Å². The summed E-state index contributed by atoms with van der Waals surface area (Å²) in [6.45, 7) is 1.89. The normalized spacial score (nSPS) is 10.7. The van der Waals surface area contributed by atoms with Gasteiger partial charge >= 0.3 is 0 Å². The van der Waals surface area contributed by atoms with Crippen molar-refractivity contribution in [3.05, 3.63) is 59.2 Å². The number of aryl methyl sites for hydroxylation is 1. The predicted octanol–water partition coefficient (Wildman–Crippen LogP) is 2.17. The third-order valence-electron chi connectivity index (χ3n) is 2.70. The number of nitrogens with one attached hydrogen (secondary N) is 1. The minimum absolute atomic E-state index is 0.0798. The number of hydrogen-bond acceptors (Lipinski definition) is 4. The van der Waals surface area contributed by atoms with Gasteiger partial charge in [0, 0.05) is 5.56 Å². The molecule has 5 heteroatoms. The van der Waals surface area contributed by atoms with Crippen LogP contribution >= 0.6 is 0 Å². The van der Waals surface area contributed by atoms with Crippen molar-refractivity contribution in [1.29, 1.82) is 0 Å².